The molecule has 0 aliphatic rings. The van der Waals surface area contributed by atoms with E-state index in [1.54, 1.807) is 49.7 Å². The Kier molecular flexibility index (Phi) is 8.61. The molecule has 0 saturated heterocycles. The van der Waals surface area contributed by atoms with Crippen LogP contribution in [0, 0.1) is 12.7 Å². The number of ether oxygens (including phenoxy) is 2. The van der Waals surface area contributed by atoms with Crippen LogP contribution in [0.4, 0.5) is 10.1 Å². The fraction of sp³-hybridized carbons (Fsp3) is 0.176. The molecule has 43 heavy (non-hydrogen) atoms. The molecule has 1 amide bonds. The largest absolute Gasteiger partial charge is 0.496 e. The van der Waals surface area contributed by atoms with Crippen LogP contribution in [-0.2, 0) is 4.79 Å². The minimum atomic E-state index is -0.382. The van der Waals surface area contributed by atoms with Gasteiger partial charge < -0.3 is 14.8 Å². The number of aromatic nitrogens is 2. The standard InChI is InChI=1S/C34H31FN4O4/c1-21(2)28-18-29(22(3)17-31(28)42-4)33-38-30-8-6-5-7-27(30)34(41)39(33)36-19-23-9-15-26(16-10-23)43-20-32(40)37-25-13-11-24(35)12-14-25/h5-19,21H,20H2,1-4H3,(H,37,40). The molecular weight excluding hydrogens is 547 g/mol. The lowest BCUT2D eigenvalue weighted by molar-refractivity contribution is -0.118. The maximum atomic E-state index is 13.7. The number of anilines is 1. The molecule has 5 rings (SSSR count). The zero-order chi connectivity index (χ0) is 30.5. The molecule has 0 radical (unpaired) electrons. The molecule has 5 aromatic rings. The second kappa shape index (κ2) is 12.7. The number of aryl methyl sites for hydroxylation is 1. The first-order chi connectivity index (χ1) is 20.7. The molecule has 0 unspecified atom stereocenters. The Morgan fingerprint density at radius 2 is 1.77 bits per heavy atom. The molecule has 0 saturated carbocycles. The number of carbonyl (C=O) groups excluding carboxylic acids is 1. The highest BCUT2D eigenvalue weighted by Crippen LogP contribution is 2.34. The van der Waals surface area contributed by atoms with E-state index in [0.717, 1.165) is 22.4 Å². The van der Waals surface area contributed by atoms with Crippen LogP contribution in [0.25, 0.3) is 22.3 Å². The molecule has 1 N–H and O–H groups in total. The van der Waals surface area contributed by atoms with Gasteiger partial charge in [-0.3, -0.25) is 9.59 Å². The Labute approximate surface area is 248 Å². The quantitative estimate of drug-likeness (QED) is 0.200. The van der Waals surface area contributed by atoms with Crippen LogP contribution < -0.4 is 20.3 Å². The normalized spacial score (nSPS) is 11.3. The Balaban J connectivity index is 1.41. The molecule has 0 atom stereocenters. The Hall–Kier alpha value is -5.31. The third kappa shape index (κ3) is 6.62. The molecule has 0 aliphatic heterocycles. The summed E-state index contributed by atoms with van der Waals surface area (Å²) in [7, 11) is 1.65. The summed E-state index contributed by atoms with van der Waals surface area (Å²) in [5.41, 5.74) is 4.17. The number of halogens is 1. The number of hydrogen-bond donors (Lipinski definition) is 1. The molecular formula is C34H31FN4O4. The van der Waals surface area contributed by atoms with Gasteiger partial charge >= 0.3 is 0 Å². The van der Waals surface area contributed by atoms with Gasteiger partial charge in [0.15, 0.2) is 12.4 Å². The minimum Gasteiger partial charge on any atom is -0.496 e. The molecule has 0 fully saturated rings. The maximum Gasteiger partial charge on any atom is 0.282 e. The third-order valence-corrected chi connectivity index (χ3v) is 6.89. The predicted molar refractivity (Wildman–Crippen MR) is 167 cm³/mol. The van der Waals surface area contributed by atoms with Crippen molar-refractivity contribution in [3.63, 3.8) is 0 Å². The van der Waals surface area contributed by atoms with Crippen molar-refractivity contribution in [2.24, 2.45) is 5.10 Å². The molecule has 0 aliphatic carbocycles. The first kappa shape index (κ1) is 29.2. The van der Waals surface area contributed by atoms with Gasteiger partial charge in [0.2, 0.25) is 0 Å². The van der Waals surface area contributed by atoms with Crippen LogP contribution in [0.2, 0.25) is 0 Å². The van der Waals surface area contributed by atoms with E-state index in [2.05, 4.69) is 24.3 Å². The van der Waals surface area contributed by atoms with Crippen molar-refractivity contribution < 1.29 is 18.7 Å². The van der Waals surface area contributed by atoms with Gasteiger partial charge in [-0.1, -0.05) is 26.0 Å². The van der Waals surface area contributed by atoms with Gasteiger partial charge in [-0.15, -0.1) is 0 Å². The first-order valence-electron chi connectivity index (χ1n) is 13.8. The van der Waals surface area contributed by atoms with Gasteiger partial charge in [-0.2, -0.15) is 9.78 Å². The molecule has 1 aromatic heterocycles. The summed E-state index contributed by atoms with van der Waals surface area (Å²) in [5, 5.41) is 7.68. The highest BCUT2D eigenvalue weighted by molar-refractivity contribution is 5.91. The maximum absolute atomic E-state index is 13.7. The van der Waals surface area contributed by atoms with Gasteiger partial charge in [0.1, 0.15) is 17.3 Å². The topological polar surface area (TPSA) is 94.8 Å². The number of hydrogen-bond acceptors (Lipinski definition) is 6. The van der Waals surface area contributed by atoms with Crippen LogP contribution in [0.3, 0.4) is 0 Å². The molecule has 9 heteroatoms. The summed E-state index contributed by atoms with van der Waals surface area (Å²) in [4.78, 5) is 30.7. The Bertz CT molecular complexity index is 1860. The van der Waals surface area contributed by atoms with Crippen molar-refractivity contribution in [3.05, 3.63) is 118 Å². The number of benzene rings is 4. The van der Waals surface area contributed by atoms with E-state index in [9.17, 15) is 14.0 Å². The van der Waals surface area contributed by atoms with E-state index in [1.165, 1.54) is 28.9 Å². The van der Waals surface area contributed by atoms with Crippen LogP contribution >= 0.6 is 0 Å². The zero-order valence-electron chi connectivity index (χ0n) is 24.3. The van der Waals surface area contributed by atoms with Crippen LogP contribution in [0.5, 0.6) is 11.5 Å². The van der Waals surface area contributed by atoms with Crippen molar-refractivity contribution in [2.75, 3.05) is 19.0 Å². The molecule has 4 aromatic carbocycles. The van der Waals surface area contributed by atoms with Crippen molar-refractivity contribution in [1.29, 1.82) is 0 Å². The first-order valence-corrected chi connectivity index (χ1v) is 13.8. The lowest BCUT2D eigenvalue weighted by Gasteiger charge is -2.17. The number of para-hydroxylation sites is 1. The number of methoxy groups -OCH3 is 1. The van der Waals surface area contributed by atoms with E-state index >= 15 is 0 Å². The smallest absolute Gasteiger partial charge is 0.282 e. The number of nitrogens with one attached hydrogen (secondary N) is 1. The molecule has 218 valence electrons. The van der Waals surface area contributed by atoms with E-state index in [4.69, 9.17) is 14.5 Å². The lowest BCUT2D eigenvalue weighted by atomic mass is 9.96. The molecule has 0 bridgehead atoms. The Morgan fingerprint density at radius 3 is 2.47 bits per heavy atom. The molecule has 0 spiro atoms. The van der Waals surface area contributed by atoms with Crippen molar-refractivity contribution in [2.45, 2.75) is 26.7 Å². The number of amides is 1. The Morgan fingerprint density at radius 1 is 1.05 bits per heavy atom. The summed E-state index contributed by atoms with van der Waals surface area (Å²) in [6.07, 6.45) is 1.58. The zero-order valence-corrected chi connectivity index (χ0v) is 24.3. The van der Waals surface area contributed by atoms with Crippen molar-refractivity contribution >= 4 is 28.7 Å². The summed E-state index contributed by atoms with van der Waals surface area (Å²) >= 11 is 0. The summed E-state index contributed by atoms with van der Waals surface area (Å²) < 4.78 is 25.6. The van der Waals surface area contributed by atoms with Gasteiger partial charge in [-0.05, 0) is 102 Å². The van der Waals surface area contributed by atoms with Gasteiger partial charge in [-0.25, -0.2) is 9.37 Å². The van der Waals surface area contributed by atoms with Crippen LogP contribution in [0.15, 0.2) is 94.8 Å². The molecule has 8 nitrogen and oxygen atoms in total. The summed E-state index contributed by atoms with van der Waals surface area (Å²) in [6, 6.07) is 23.6. The second-order valence-corrected chi connectivity index (χ2v) is 10.3. The van der Waals surface area contributed by atoms with Gasteiger partial charge in [0.25, 0.3) is 11.5 Å². The average molecular weight is 579 g/mol. The lowest BCUT2D eigenvalue weighted by Crippen LogP contribution is -2.21. The second-order valence-electron chi connectivity index (χ2n) is 10.3. The van der Waals surface area contributed by atoms with Crippen LogP contribution in [-0.4, -0.2) is 35.5 Å². The highest BCUT2D eigenvalue weighted by atomic mass is 19.1. The summed E-state index contributed by atoms with van der Waals surface area (Å²) in [6.45, 7) is 5.91. The van der Waals surface area contributed by atoms with Crippen LogP contribution in [0.1, 0.15) is 36.5 Å². The van der Waals surface area contributed by atoms with E-state index < -0.39 is 0 Å². The predicted octanol–water partition coefficient (Wildman–Crippen LogP) is 6.54. The molecule has 1 heterocycles. The fourth-order valence-electron chi connectivity index (χ4n) is 4.63. The van der Waals surface area contributed by atoms with Gasteiger partial charge in [0, 0.05) is 11.3 Å². The number of fused-ring (bicyclic) bond motifs is 1. The van der Waals surface area contributed by atoms with E-state index in [0.29, 0.717) is 33.7 Å². The minimum absolute atomic E-state index is 0.188. The third-order valence-electron chi connectivity index (χ3n) is 6.89. The highest BCUT2D eigenvalue weighted by Gasteiger charge is 2.18. The van der Waals surface area contributed by atoms with Crippen molar-refractivity contribution in [3.8, 4) is 22.9 Å². The monoisotopic (exact) mass is 578 g/mol. The van der Waals surface area contributed by atoms with E-state index in [-0.39, 0.29) is 29.8 Å². The number of carbonyl (C=O) groups is 1. The van der Waals surface area contributed by atoms with Crippen molar-refractivity contribution in [1.82, 2.24) is 9.66 Å². The number of nitrogens with zero attached hydrogens (tertiary/aromatic N) is 3. The number of rotatable bonds is 9. The average Bonchev–Trinajstić information content (AvgIpc) is 3.01. The summed E-state index contributed by atoms with van der Waals surface area (Å²) in [5.74, 6) is 1.12. The van der Waals surface area contributed by atoms with E-state index in [1.807, 2.05) is 31.2 Å². The SMILES string of the molecule is COc1cc(C)c(-c2nc3ccccc3c(=O)n2N=Cc2ccc(OCC(=O)Nc3ccc(F)cc3)cc2)cc1C(C)C. The fourth-order valence-corrected chi connectivity index (χ4v) is 4.63. The van der Waals surface area contributed by atoms with Gasteiger partial charge in [0.05, 0.1) is 24.2 Å².